The van der Waals surface area contributed by atoms with Gasteiger partial charge in [0.15, 0.2) is 5.69 Å². The number of amides is 2. The number of aryl methyl sites for hydroxylation is 1. The number of aromatic hydroxyl groups is 1. The zero-order valence-corrected chi connectivity index (χ0v) is 15.2. The third-order valence-corrected chi connectivity index (χ3v) is 4.63. The molecule has 1 aliphatic rings. The molecular formula is C19H20N4O5. The maximum Gasteiger partial charge on any atom is 0.308 e. The van der Waals surface area contributed by atoms with Crippen LogP contribution in [0.1, 0.15) is 22.6 Å². The first-order valence-electron chi connectivity index (χ1n) is 8.74. The van der Waals surface area contributed by atoms with Crippen molar-refractivity contribution >= 4 is 23.5 Å². The first-order chi connectivity index (χ1) is 13.3. The fourth-order valence-electron chi connectivity index (χ4n) is 3.13. The smallest absolute Gasteiger partial charge is 0.308 e. The van der Waals surface area contributed by atoms with Crippen molar-refractivity contribution in [2.24, 2.45) is 11.8 Å². The van der Waals surface area contributed by atoms with Crippen molar-refractivity contribution in [3.63, 3.8) is 0 Å². The molecular weight excluding hydrogens is 364 g/mol. The molecule has 28 heavy (non-hydrogen) atoms. The lowest BCUT2D eigenvalue weighted by atomic mass is 9.88. The van der Waals surface area contributed by atoms with Crippen molar-refractivity contribution in [2.45, 2.75) is 13.3 Å². The number of nitrogens with zero attached hydrogens (tertiary/aromatic N) is 3. The summed E-state index contributed by atoms with van der Waals surface area (Å²) < 4.78 is 0. The van der Waals surface area contributed by atoms with Crippen LogP contribution in [0.5, 0.6) is 5.75 Å². The zero-order chi connectivity index (χ0) is 20.3. The van der Waals surface area contributed by atoms with E-state index in [1.807, 2.05) is 6.92 Å². The van der Waals surface area contributed by atoms with Crippen LogP contribution in [0.3, 0.4) is 0 Å². The van der Waals surface area contributed by atoms with Crippen molar-refractivity contribution in [1.82, 2.24) is 14.9 Å². The Balaban J connectivity index is 1.78. The summed E-state index contributed by atoms with van der Waals surface area (Å²) in [6.45, 7) is 1.80. The highest BCUT2D eigenvalue weighted by Crippen LogP contribution is 2.26. The Morgan fingerprint density at radius 1 is 1.14 bits per heavy atom. The van der Waals surface area contributed by atoms with Crippen LogP contribution in [0.4, 0.5) is 5.69 Å². The number of nitrogens with one attached hydrogen (secondary N) is 1. The van der Waals surface area contributed by atoms with Crippen LogP contribution >= 0.6 is 0 Å². The molecule has 9 nitrogen and oxygen atoms in total. The second-order valence-corrected chi connectivity index (χ2v) is 6.73. The second-order valence-electron chi connectivity index (χ2n) is 6.73. The van der Waals surface area contributed by atoms with E-state index in [0.29, 0.717) is 5.69 Å². The number of carboxylic acids is 1. The molecule has 2 atom stereocenters. The first-order valence-corrected chi connectivity index (χ1v) is 8.74. The summed E-state index contributed by atoms with van der Waals surface area (Å²) in [6, 6.07) is 6.25. The van der Waals surface area contributed by atoms with E-state index < -0.39 is 23.7 Å². The minimum atomic E-state index is -1.09. The average Bonchev–Trinajstić information content (AvgIpc) is 2.69. The molecule has 3 N–H and O–H groups in total. The molecule has 0 aromatic carbocycles. The van der Waals surface area contributed by atoms with Gasteiger partial charge in [-0.15, -0.1) is 0 Å². The van der Waals surface area contributed by atoms with Crippen LogP contribution in [-0.2, 0) is 9.59 Å². The molecule has 2 amide bonds. The zero-order valence-electron chi connectivity index (χ0n) is 15.2. The Kier molecular flexibility index (Phi) is 5.53. The Morgan fingerprint density at radius 2 is 1.89 bits per heavy atom. The van der Waals surface area contributed by atoms with Gasteiger partial charge in [0.25, 0.3) is 5.91 Å². The predicted molar refractivity (Wildman–Crippen MR) is 98.6 cm³/mol. The minimum absolute atomic E-state index is 0.0315. The number of aromatic nitrogens is 2. The Labute approximate surface area is 161 Å². The van der Waals surface area contributed by atoms with Gasteiger partial charge in [0.1, 0.15) is 5.75 Å². The van der Waals surface area contributed by atoms with E-state index in [1.165, 1.54) is 29.4 Å². The van der Waals surface area contributed by atoms with Gasteiger partial charge < -0.3 is 20.4 Å². The fraction of sp³-hybridized carbons (Fsp3) is 0.316. The molecule has 1 saturated heterocycles. The van der Waals surface area contributed by atoms with Crippen LogP contribution in [0, 0.1) is 18.8 Å². The number of likely N-dealkylation sites (tertiary alicyclic amines) is 1. The van der Waals surface area contributed by atoms with Gasteiger partial charge in [-0.25, -0.2) is 4.98 Å². The first kappa shape index (κ1) is 19.3. The molecule has 146 valence electrons. The number of piperidine rings is 1. The summed E-state index contributed by atoms with van der Waals surface area (Å²) in [5.41, 5.74) is 1.12. The van der Waals surface area contributed by atoms with Gasteiger partial charge in [-0.3, -0.25) is 19.4 Å². The molecule has 0 radical (unpaired) electrons. The van der Waals surface area contributed by atoms with Gasteiger partial charge in [0.05, 0.1) is 23.7 Å². The maximum absolute atomic E-state index is 12.7. The third-order valence-electron chi connectivity index (χ3n) is 4.63. The number of rotatable bonds is 4. The highest BCUT2D eigenvalue weighted by molar-refractivity contribution is 5.97. The quantitative estimate of drug-likeness (QED) is 0.723. The number of carboxylic acid groups (broad SMARTS) is 1. The van der Waals surface area contributed by atoms with Gasteiger partial charge in [0, 0.05) is 25.0 Å². The van der Waals surface area contributed by atoms with Gasteiger partial charge in [0.2, 0.25) is 5.91 Å². The molecule has 3 heterocycles. The van der Waals surface area contributed by atoms with Gasteiger partial charge in [-0.05, 0) is 37.6 Å². The Bertz CT molecular complexity index is 899. The van der Waals surface area contributed by atoms with Crippen molar-refractivity contribution in [3.05, 3.63) is 48.0 Å². The number of aliphatic carboxylic acids is 1. The van der Waals surface area contributed by atoms with Crippen LogP contribution in [0.15, 0.2) is 36.7 Å². The molecule has 2 aromatic rings. The maximum atomic E-state index is 12.7. The highest BCUT2D eigenvalue weighted by atomic mass is 16.4. The lowest BCUT2D eigenvalue weighted by Crippen LogP contribution is -2.49. The topological polar surface area (TPSA) is 133 Å². The van der Waals surface area contributed by atoms with E-state index in [2.05, 4.69) is 15.3 Å². The summed E-state index contributed by atoms with van der Waals surface area (Å²) in [4.78, 5) is 46.2. The van der Waals surface area contributed by atoms with Crippen LogP contribution in [-0.4, -0.2) is 56.0 Å². The number of pyridine rings is 2. The van der Waals surface area contributed by atoms with Crippen LogP contribution in [0.2, 0.25) is 0 Å². The van der Waals surface area contributed by atoms with Crippen molar-refractivity contribution in [2.75, 3.05) is 18.4 Å². The van der Waals surface area contributed by atoms with Crippen LogP contribution in [0.25, 0.3) is 0 Å². The lowest BCUT2D eigenvalue weighted by molar-refractivity contribution is -0.144. The van der Waals surface area contributed by atoms with Crippen molar-refractivity contribution < 1.29 is 24.6 Å². The third kappa shape index (κ3) is 4.25. The number of carbonyl (C=O) groups excluding carboxylic acids is 2. The monoisotopic (exact) mass is 384 g/mol. The molecule has 1 aliphatic heterocycles. The van der Waals surface area contributed by atoms with Crippen molar-refractivity contribution in [3.8, 4) is 5.75 Å². The van der Waals surface area contributed by atoms with Gasteiger partial charge >= 0.3 is 5.97 Å². The molecule has 0 bridgehead atoms. The summed E-state index contributed by atoms with van der Waals surface area (Å²) in [7, 11) is 0. The molecule has 1 fully saturated rings. The summed E-state index contributed by atoms with van der Waals surface area (Å²) >= 11 is 0. The van der Waals surface area contributed by atoms with E-state index in [9.17, 15) is 24.6 Å². The van der Waals surface area contributed by atoms with Gasteiger partial charge in [-0.2, -0.15) is 0 Å². The highest BCUT2D eigenvalue weighted by Gasteiger charge is 2.38. The van der Waals surface area contributed by atoms with E-state index in [0.717, 1.165) is 5.69 Å². The molecule has 0 aliphatic carbocycles. The summed E-state index contributed by atoms with van der Waals surface area (Å²) in [6.07, 6.45) is 2.98. The second kappa shape index (κ2) is 8.03. The number of hydrogen-bond acceptors (Lipinski definition) is 6. The molecule has 0 saturated carbocycles. The van der Waals surface area contributed by atoms with Crippen molar-refractivity contribution in [1.29, 1.82) is 0 Å². The van der Waals surface area contributed by atoms with E-state index in [-0.39, 0.29) is 36.9 Å². The molecule has 0 unspecified atom stereocenters. The molecule has 0 spiro atoms. The van der Waals surface area contributed by atoms with E-state index in [1.54, 1.807) is 12.1 Å². The van der Waals surface area contributed by atoms with Crippen LogP contribution < -0.4 is 5.32 Å². The van der Waals surface area contributed by atoms with Gasteiger partial charge in [-0.1, -0.05) is 0 Å². The minimum Gasteiger partial charge on any atom is -0.505 e. The normalized spacial score (nSPS) is 19.1. The average molecular weight is 384 g/mol. The molecule has 3 rings (SSSR count). The molecule has 9 heteroatoms. The summed E-state index contributed by atoms with van der Waals surface area (Å²) in [5, 5.41) is 22.0. The SMILES string of the molecule is Cc1ccc(NC(=O)[C@H]2C[C@@H](C(=O)O)CN(C(=O)c3ncccc3O)C2)cn1. The fourth-order valence-corrected chi connectivity index (χ4v) is 3.13. The number of carbonyl (C=O) groups is 3. The lowest BCUT2D eigenvalue weighted by Gasteiger charge is -2.35. The number of hydrogen-bond donors (Lipinski definition) is 3. The molecule has 2 aromatic heterocycles. The Hall–Kier alpha value is -3.49. The predicted octanol–water partition coefficient (Wildman–Crippen LogP) is 1.29. The van der Waals surface area contributed by atoms with E-state index >= 15 is 0 Å². The largest absolute Gasteiger partial charge is 0.505 e. The standard InChI is InChI=1S/C19H20N4O5/c1-11-4-5-14(8-21-11)22-17(25)12-7-13(19(27)28)10-23(9-12)18(26)16-15(24)3-2-6-20-16/h2-6,8,12-13,24H,7,9-10H2,1H3,(H,22,25)(H,27,28)/t12-,13+/m0/s1. The Morgan fingerprint density at radius 3 is 2.54 bits per heavy atom. The van der Waals surface area contributed by atoms with E-state index in [4.69, 9.17) is 0 Å². The number of anilines is 1. The summed E-state index contributed by atoms with van der Waals surface area (Å²) in [5.74, 6) is -3.99.